The summed E-state index contributed by atoms with van der Waals surface area (Å²) in [7, 11) is 1.54. The van der Waals surface area contributed by atoms with Crippen LogP contribution in [0.1, 0.15) is 23.0 Å². The summed E-state index contributed by atoms with van der Waals surface area (Å²) in [6.07, 6.45) is -0.755. The van der Waals surface area contributed by atoms with E-state index in [0.717, 1.165) is 6.20 Å². The van der Waals surface area contributed by atoms with Crippen molar-refractivity contribution < 1.29 is 18.0 Å². The van der Waals surface area contributed by atoms with E-state index in [0.29, 0.717) is 17.8 Å². The van der Waals surface area contributed by atoms with Gasteiger partial charge in [0.05, 0.1) is 34.9 Å². The van der Waals surface area contributed by atoms with Crippen LogP contribution in [0.15, 0.2) is 42.9 Å². The fraction of sp³-hybridized carbons (Fsp3) is 0.316. The third kappa shape index (κ3) is 5.10. The van der Waals surface area contributed by atoms with Gasteiger partial charge in [0, 0.05) is 26.7 Å². The van der Waals surface area contributed by atoms with E-state index in [9.17, 15) is 18.0 Å². The number of rotatable bonds is 7. The van der Waals surface area contributed by atoms with Gasteiger partial charge in [0.15, 0.2) is 5.69 Å². The Balaban J connectivity index is 1.75. The van der Waals surface area contributed by atoms with Gasteiger partial charge in [-0.15, -0.1) is 0 Å². The molecule has 0 atom stereocenters. The first-order chi connectivity index (χ1) is 14.7. The van der Waals surface area contributed by atoms with Crippen LogP contribution in [0, 0.1) is 0 Å². The Morgan fingerprint density at radius 3 is 2.48 bits per heavy atom. The quantitative estimate of drug-likeness (QED) is 0.546. The predicted octanol–water partition coefficient (Wildman–Crippen LogP) is 3.33. The van der Waals surface area contributed by atoms with Crippen LogP contribution in [0.5, 0.6) is 0 Å². The number of hydrogen-bond donors (Lipinski definition) is 0. The first-order valence-electron chi connectivity index (χ1n) is 9.28. The molecule has 8 nitrogen and oxygen atoms in total. The predicted molar refractivity (Wildman–Crippen MR) is 108 cm³/mol. The van der Waals surface area contributed by atoms with Crippen LogP contribution in [-0.4, -0.2) is 62.5 Å². The number of anilines is 1. The van der Waals surface area contributed by atoms with Crippen LogP contribution in [0.3, 0.4) is 0 Å². The van der Waals surface area contributed by atoms with Gasteiger partial charge >= 0.3 is 6.18 Å². The van der Waals surface area contributed by atoms with Gasteiger partial charge in [-0.3, -0.25) is 4.79 Å². The minimum Gasteiger partial charge on any atom is -0.342 e. The average Bonchev–Trinajstić information content (AvgIpc) is 3.28. The van der Waals surface area contributed by atoms with Crippen molar-refractivity contribution in [3.8, 4) is 5.69 Å². The van der Waals surface area contributed by atoms with Gasteiger partial charge in [-0.1, -0.05) is 23.7 Å². The lowest BCUT2D eigenvalue weighted by molar-refractivity contribution is -0.141. The van der Waals surface area contributed by atoms with Gasteiger partial charge in [0.1, 0.15) is 0 Å². The maximum atomic E-state index is 13.1. The van der Waals surface area contributed by atoms with Gasteiger partial charge in [-0.2, -0.15) is 28.2 Å². The second-order valence-electron chi connectivity index (χ2n) is 6.51. The zero-order valence-electron chi connectivity index (χ0n) is 16.7. The Bertz CT molecular complexity index is 1040. The summed E-state index contributed by atoms with van der Waals surface area (Å²) in [5, 5.41) is 7.57. The highest BCUT2D eigenvalue weighted by atomic mass is 35.5. The van der Waals surface area contributed by atoms with E-state index in [1.165, 1.54) is 22.1 Å². The molecule has 0 aliphatic heterocycles. The maximum Gasteiger partial charge on any atom is 0.435 e. The molecule has 12 heteroatoms. The molecule has 3 aromatic rings. The van der Waals surface area contributed by atoms with Gasteiger partial charge in [-0.25, -0.2) is 9.97 Å². The van der Waals surface area contributed by atoms with E-state index in [1.807, 2.05) is 6.92 Å². The standard InChI is InChI=1S/C19H19ClF3N7O/c1-3-29(17(31)13-6-4-5-7-15(13)30-25-8-9-26-30)11-10-28(2)18-24-12-14(20)16(27-18)19(21,22)23/h4-9,12H,3,10-11H2,1-2H3. The number of carbonyl (C=O) groups excluding carboxylic acids is 1. The zero-order valence-corrected chi connectivity index (χ0v) is 17.5. The van der Waals surface area contributed by atoms with Crippen LogP contribution in [0.25, 0.3) is 5.69 Å². The van der Waals surface area contributed by atoms with Gasteiger partial charge in [0.25, 0.3) is 5.91 Å². The Kier molecular flexibility index (Phi) is 6.74. The second-order valence-corrected chi connectivity index (χ2v) is 6.91. The van der Waals surface area contributed by atoms with Crippen LogP contribution >= 0.6 is 11.6 Å². The fourth-order valence-corrected chi connectivity index (χ4v) is 3.05. The van der Waals surface area contributed by atoms with Crippen molar-refractivity contribution in [2.75, 3.05) is 31.6 Å². The number of alkyl halides is 3. The molecule has 3 rings (SSSR count). The summed E-state index contributed by atoms with van der Waals surface area (Å²) in [6.45, 7) is 2.65. The molecule has 0 saturated carbocycles. The summed E-state index contributed by atoms with van der Waals surface area (Å²) in [5.74, 6) is -0.391. The minimum atomic E-state index is -4.69. The van der Waals surface area contributed by atoms with Crippen molar-refractivity contribution >= 4 is 23.5 Å². The Labute approximate surface area is 181 Å². The third-order valence-corrected chi connectivity index (χ3v) is 4.76. The lowest BCUT2D eigenvalue weighted by atomic mass is 10.1. The smallest absolute Gasteiger partial charge is 0.342 e. The van der Waals surface area contributed by atoms with E-state index < -0.39 is 16.9 Å². The van der Waals surface area contributed by atoms with E-state index in [1.54, 1.807) is 36.2 Å². The number of carbonyl (C=O) groups is 1. The lowest BCUT2D eigenvalue weighted by Gasteiger charge is -2.25. The Hall–Kier alpha value is -3.21. The molecule has 0 N–H and O–H groups in total. The molecule has 0 aliphatic rings. The van der Waals surface area contributed by atoms with Crippen molar-refractivity contribution in [1.82, 2.24) is 29.9 Å². The largest absolute Gasteiger partial charge is 0.435 e. The number of benzene rings is 1. The Morgan fingerprint density at radius 1 is 1.16 bits per heavy atom. The monoisotopic (exact) mass is 453 g/mol. The summed E-state index contributed by atoms with van der Waals surface area (Å²) < 4.78 is 39.2. The highest BCUT2D eigenvalue weighted by molar-refractivity contribution is 6.31. The second kappa shape index (κ2) is 9.29. The number of para-hydroxylation sites is 1. The molecule has 0 unspecified atom stereocenters. The van der Waals surface area contributed by atoms with Crippen LogP contribution in [0.2, 0.25) is 5.02 Å². The number of aromatic nitrogens is 5. The molecule has 0 saturated heterocycles. The third-order valence-electron chi connectivity index (χ3n) is 4.48. The normalized spacial score (nSPS) is 11.4. The van der Waals surface area contributed by atoms with Crippen LogP contribution in [-0.2, 0) is 6.18 Å². The van der Waals surface area contributed by atoms with Crippen LogP contribution < -0.4 is 4.90 Å². The molecule has 0 bridgehead atoms. The molecular weight excluding hydrogens is 435 g/mol. The van der Waals surface area contributed by atoms with Gasteiger partial charge in [0.2, 0.25) is 5.95 Å². The molecule has 1 aromatic carbocycles. The van der Waals surface area contributed by atoms with E-state index in [2.05, 4.69) is 20.2 Å². The summed E-state index contributed by atoms with van der Waals surface area (Å²) in [4.78, 5) is 24.9. The van der Waals surface area contributed by atoms with Crippen LogP contribution in [0.4, 0.5) is 19.1 Å². The first-order valence-corrected chi connectivity index (χ1v) is 9.66. The van der Waals surface area contributed by atoms with Crippen molar-refractivity contribution in [1.29, 1.82) is 0 Å². The van der Waals surface area contributed by atoms with Crippen molar-refractivity contribution in [2.45, 2.75) is 13.1 Å². The molecule has 2 aromatic heterocycles. The number of nitrogens with zero attached hydrogens (tertiary/aromatic N) is 7. The summed E-state index contributed by atoms with van der Waals surface area (Å²) >= 11 is 5.57. The maximum absolute atomic E-state index is 13.1. The fourth-order valence-electron chi connectivity index (χ4n) is 2.85. The first kappa shape index (κ1) is 22.5. The molecule has 31 heavy (non-hydrogen) atoms. The highest BCUT2D eigenvalue weighted by Gasteiger charge is 2.36. The van der Waals surface area contributed by atoms with Crippen molar-refractivity contribution in [3.63, 3.8) is 0 Å². The van der Waals surface area contributed by atoms with Gasteiger partial charge < -0.3 is 9.80 Å². The average molecular weight is 454 g/mol. The number of amides is 1. The molecule has 0 fully saturated rings. The molecule has 0 spiro atoms. The number of hydrogen-bond acceptors (Lipinski definition) is 6. The molecule has 1 amide bonds. The number of halogens is 4. The molecule has 164 valence electrons. The molecule has 0 aliphatic carbocycles. The molecular formula is C19H19ClF3N7O. The van der Waals surface area contributed by atoms with E-state index in [4.69, 9.17) is 11.6 Å². The number of likely N-dealkylation sites (N-methyl/N-ethyl adjacent to an activating group) is 2. The minimum absolute atomic E-state index is 0.138. The zero-order chi connectivity index (χ0) is 22.6. The lowest BCUT2D eigenvalue weighted by Crippen LogP contribution is -2.38. The van der Waals surface area contributed by atoms with Crippen molar-refractivity contribution in [3.05, 3.63) is 59.1 Å². The summed E-state index contributed by atoms with van der Waals surface area (Å²) in [5.41, 5.74) is -0.263. The van der Waals surface area contributed by atoms with E-state index in [-0.39, 0.29) is 24.9 Å². The highest BCUT2D eigenvalue weighted by Crippen LogP contribution is 2.33. The molecule has 2 heterocycles. The van der Waals surface area contributed by atoms with Gasteiger partial charge in [-0.05, 0) is 19.1 Å². The topological polar surface area (TPSA) is 80.0 Å². The molecule has 0 radical (unpaired) electrons. The SMILES string of the molecule is CCN(CCN(C)c1ncc(Cl)c(C(F)(F)F)n1)C(=O)c1ccccc1-n1nccn1. The van der Waals surface area contributed by atoms with Crippen molar-refractivity contribution in [2.24, 2.45) is 0 Å². The Morgan fingerprint density at radius 2 is 1.84 bits per heavy atom. The van der Waals surface area contributed by atoms with E-state index >= 15 is 0 Å². The summed E-state index contributed by atoms with van der Waals surface area (Å²) in [6, 6.07) is 6.91.